The van der Waals surface area contributed by atoms with Crippen molar-refractivity contribution in [1.29, 1.82) is 0 Å². The first kappa shape index (κ1) is 18.2. The summed E-state index contributed by atoms with van der Waals surface area (Å²) in [6.45, 7) is 13.2. The topological polar surface area (TPSA) is 34.4 Å². The van der Waals surface area contributed by atoms with Crippen molar-refractivity contribution in [3.8, 4) is 0 Å². The number of ether oxygens (including phenoxy) is 1. The highest BCUT2D eigenvalue weighted by atomic mass is 16.5. The van der Waals surface area contributed by atoms with Gasteiger partial charge in [-0.25, -0.2) is 0 Å². The monoisotopic (exact) mass is 295 g/mol. The molecule has 0 amide bonds. The van der Waals surface area contributed by atoms with E-state index in [0.29, 0.717) is 12.5 Å². The molecule has 0 spiro atoms. The standard InChI is InChI=1S/C18H33NO2/c1-6-8-9-15(7-2)12-20-14-17-10-16(13-21-17)11-19-18(3,4)5/h10,13,15,19H,6-9,11-12,14H2,1-5H3. The zero-order valence-electron chi connectivity index (χ0n) is 14.5. The Balaban J connectivity index is 2.28. The molecule has 1 heterocycles. The summed E-state index contributed by atoms with van der Waals surface area (Å²) >= 11 is 0. The fourth-order valence-corrected chi connectivity index (χ4v) is 2.19. The van der Waals surface area contributed by atoms with Crippen molar-refractivity contribution < 1.29 is 9.15 Å². The lowest BCUT2D eigenvalue weighted by atomic mass is 10.0. The van der Waals surface area contributed by atoms with E-state index in [4.69, 9.17) is 9.15 Å². The number of furan rings is 1. The van der Waals surface area contributed by atoms with E-state index >= 15 is 0 Å². The van der Waals surface area contributed by atoms with E-state index in [1.54, 1.807) is 0 Å². The summed E-state index contributed by atoms with van der Waals surface area (Å²) in [6, 6.07) is 2.09. The van der Waals surface area contributed by atoms with Crippen molar-refractivity contribution >= 4 is 0 Å². The Bertz CT molecular complexity index is 379. The van der Waals surface area contributed by atoms with Crippen LogP contribution in [-0.4, -0.2) is 12.1 Å². The van der Waals surface area contributed by atoms with Crippen molar-refractivity contribution in [1.82, 2.24) is 5.32 Å². The average molecular weight is 295 g/mol. The molecule has 0 bridgehead atoms. The number of rotatable bonds is 10. The van der Waals surface area contributed by atoms with Gasteiger partial charge in [0.25, 0.3) is 0 Å². The zero-order chi connectivity index (χ0) is 15.7. The molecular weight excluding hydrogens is 262 g/mol. The largest absolute Gasteiger partial charge is 0.467 e. The quantitative estimate of drug-likeness (QED) is 0.666. The van der Waals surface area contributed by atoms with E-state index in [0.717, 1.165) is 18.9 Å². The molecule has 1 unspecified atom stereocenters. The van der Waals surface area contributed by atoms with Gasteiger partial charge in [-0.15, -0.1) is 0 Å². The molecule has 0 aliphatic heterocycles. The average Bonchev–Trinajstić information content (AvgIpc) is 2.87. The van der Waals surface area contributed by atoms with Gasteiger partial charge in [-0.3, -0.25) is 0 Å². The number of unbranched alkanes of at least 4 members (excludes halogenated alkanes) is 1. The predicted molar refractivity (Wildman–Crippen MR) is 88.3 cm³/mol. The van der Waals surface area contributed by atoms with E-state index < -0.39 is 0 Å². The molecule has 0 fully saturated rings. The van der Waals surface area contributed by atoms with Crippen LogP contribution < -0.4 is 5.32 Å². The van der Waals surface area contributed by atoms with Gasteiger partial charge in [0.2, 0.25) is 0 Å². The highest BCUT2D eigenvalue weighted by molar-refractivity contribution is 5.12. The fourth-order valence-electron chi connectivity index (χ4n) is 2.19. The molecule has 3 heteroatoms. The SMILES string of the molecule is CCCCC(CC)COCc1cc(CNC(C)(C)C)co1. The second-order valence-electron chi connectivity index (χ2n) is 6.96. The summed E-state index contributed by atoms with van der Waals surface area (Å²) in [6.07, 6.45) is 6.85. The van der Waals surface area contributed by atoms with Crippen molar-refractivity contribution in [2.45, 2.75) is 79.0 Å². The van der Waals surface area contributed by atoms with E-state index in [2.05, 4.69) is 46.0 Å². The molecule has 0 saturated carbocycles. The highest BCUT2D eigenvalue weighted by Crippen LogP contribution is 2.15. The molecule has 0 aliphatic carbocycles. The summed E-state index contributed by atoms with van der Waals surface area (Å²) in [7, 11) is 0. The van der Waals surface area contributed by atoms with E-state index in [1.165, 1.54) is 31.2 Å². The van der Waals surface area contributed by atoms with E-state index in [-0.39, 0.29) is 5.54 Å². The Morgan fingerprint density at radius 3 is 2.67 bits per heavy atom. The fraction of sp³-hybridized carbons (Fsp3) is 0.778. The smallest absolute Gasteiger partial charge is 0.129 e. The Labute approximate surface area is 130 Å². The second-order valence-corrected chi connectivity index (χ2v) is 6.96. The lowest BCUT2D eigenvalue weighted by Crippen LogP contribution is -2.34. The van der Waals surface area contributed by atoms with Crippen LogP contribution in [0.15, 0.2) is 16.7 Å². The van der Waals surface area contributed by atoms with Gasteiger partial charge in [0.15, 0.2) is 0 Å². The minimum absolute atomic E-state index is 0.127. The van der Waals surface area contributed by atoms with E-state index in [9.17, 15) is 0 Å². The maximum atomic E-state index is 5.81. The van der Waals surface area contributed by atoms with Crippen LogP contribution in [0.5, 0.6) is 0 Å². The summed E-state index contributed by atoms with van der Waals surface area (Å²) in [5, 5.41) is 3.46. The first-order valence-electron chi connectivity index (χ1n) is 8.33. The van der Waals surface area contributed by atoms with Gasteiger partial charge in [-0.05, 0) is 39.2 Å². The molecule has 1 aromatic heterocycles. The van der Waals surface area contributed by atoms with Crippen molar-refractivity contribution in [3.63, 3.8) is 0 Å². The second kappa shape index (κ2) is 9.26. The van der Waals surface area contributed by atoms with Crippen molar-refractivity contribution in [2.75, 3.05) is 6.61 Å². The number of hydrogen-bond donors (Lipinski definition) is 1. The number of hydrogen-bond acceptors (Lipinski definition) is 3. The lowest BCUT2D eigenvalue weighted by molar-refractivity contribution is 0.0709. The van der Waals surface area contributed by atoms with Gasteiger partial charge >= 0.3 is 0 Å². The Kier molecular flexibility index (Phi) is 8.05. The molecule has 21 heavy (non-hydrogen) atoms. The molecule has 1 N–H and O–H groups in total. The minimum Gasteiger partial charge on any atom is -0.467 e. The molecule has 0 aliphatic rings. The van der Waals surface area contributed by atoms with Crippen LogP contribution in [0.25, 0.3) is 0 Å². The molecule has 3 nitrogen and oxygen atoms in total. The molecule has 1 rings (SSSR count). The third kappa shape index (κ3) is 8.27. The lowest BCUT2D eigenvalue weighted by Gasteiger charge is -2.19. The van der Waals surface area contributed by atoms with Gasteiger partial charge in [0.05, 0.1) is 6.26 Å². The molecular formula is C18H33NO2. The van der Waals surface area contributed by atoms with Gasteiger partial charge in [-0.2, -0.15) is 0 Å². The summed E-state index contributed by atoms with van der Waals surface area (Å²) in [5.74, 6) is 1.60. The van der Waals surface area contributed by atoms with Gasteiger partial charge in [-0.1, -0.05) is 33.1 Å². The van der Waals surface area contributed by atoms with Gasteiger partial charge in [0, 0.05) is 24.3 Å². The Morgan fingerprint density at radius 1 is 1.29 bits per heavy atom. The summed E-state index contributed by atoms with van der Waals surface area (Å²) in [4.78, 5) is 0. The third-order valence-corrected chi connectivity index (χ3v) is 3.67. The number of nitrogens with one attached hydrogen (secondary N) is 1. The molecule has 0 aromatic carbocycles. The van der Waals surface area contributed by atoms with Crippen LogP contribution in [0.3, 0.4) is 0 Å². The molecule has 0 radical (unpaired) electrons. The predicted octanol–water partition coefficient (Wildman–Crippen LogP) is 4.90. The van der Waals surface area contributed by atoms with Crippen LogP contribution in [0.4, 0.5) is 0 Å². The molecule has 1 atom stereocenters. The van der Waals surface area contributed by atoms with Crippen LogP contribution in [-0.2, 0) is 17.9 Å². The van der Waals surface area contributed by atoms with Crippen LogP contribution >= 0.6 is 0 Å². The minimum atomic E-state index is 0.127. The molecule has 122 valence electrons. The van der Waals surface area contributed by atoms with Crippen molar-refractivity contribution in [2.24, 2.45) is 5.92 Å². The summed E-state index contributed by atoms with van der Waals surface area (Å²) < 4.78 is 11.4. The molecule has 0 saturated heterocycles. The van der Waals surface area contributed by atoms with Crippen LogP contribution in [0.1, 0.15) is 71.6 Å². The summed E-state index contributed by atoms with van der Waals surface area (Å²) in [5.41, 5.74) is 1.31. The van der Waals surface area contributed by atoms with Crippen molar-refractivity contribution in [3.05, 3.63) is 23.7 Å². The Morgan fingerprint density at radius 2 is 2.05 bits per heavy atom. The maximum Gasteiger partial charge on any atom is 0.129 e. The molecule has 1 aromatic rings. The Hall–Kier alpha value is -0.800. The maximum absolute atomic E-state index is 5.81. The normalized spacial score (nSPS) is 13.6. The van der Waals surface area contributed by atoms with Gasteiger partial charge < -0.3 is 14.5 Å². The van der Waals surface area contributed by atoms with E-state index in [1.807, 2.05) is 6.26 Å². The zero-order valence-corrected chi connectivity index (χ0v) is 14.5. The first-order chi connectivity index (χ1) is 9.94. The third-order valence-electron chi connectivity index (χ3n) is 3.67. The highest BCUT2D eigenvalue weighted by Gasteiger charge is 2.10. The van der Waals surface area contributed by atoms with Crippen LogP contribution in [0, 0.1) is 5.92 Å². The van der Waals surface area contributed by atoms with Gasteiger partial charge in [0.1, 0.15) is 12.4 Å². The van der Waals surface area contributed by atoms with Crippen LogP contribution in [0.2, 0.25) is 0 Å². The first-order valence-corrected chi connectivity index (χ1v) is 8.33.